The number of cyclic esters (lactones) is 1. The van der Waals surface area contributed by atoms with Crippen LogP contribution in [0.15, 0.2) is 11.8 Å². The standard InChI is InChI=1S/C9H15NO2/c1-3-4-5-9(2)7(10)6-8(11)12-9/h6H,3-5,10H2,1-2H3/t9-/m1/s1. The van der Waals surface area contributed by atoms with Gasteiger partial charge in [-0.05, 0) is 19.8 Å². The van der Waals surface area contributed by atoms with Crippen LogP contribution in [0.4, 0.5) is 0 Å². The summed E-state index contributed by atoms with van der Waals surface area (Å²) in [6.45, 7) is 3.96. The van der Waals surface area contributed by atoms with E-state index in [0.717, 1.165) is 19.3 Å². The molecule has 2 N–H and O–H groups in total. The van der Waals surface area contributed by atoms with Gasteiger partial charge in [0.15, 0.2) is 0 Å². The molecule has 0 saturated heterocycles. The first-order chi connectivity index (χ1) is 5.58. The molecule has 1 aliphatic heterocycles. The molecule has 0 spiro atoms. The van der Waals surface area contributed by atoms with Gasteiger partial charge >= 0.3 is 5.97 Å². The van der Waals surface area contributed by atoms with Crippen molar-refractivity contribution in [3.8, 4) is 0 Å². The van der Waals surface area contributed by atoms with Gasteiger partial charge in [-0.15, -0.1) is 0 Å². The van der Waals surface area contributed by atoms with Crippen molar-refractivity contribution in [2.75, 3.05) is 0 Å². The Morgan fingerprint density at radius 3 is 2.75 bits per heavy atom. The summed E-state index contributed by atoms with van der Waals surface area (Å²) in [5.74, 6) is -0.314. The predicted molar refractivity (Wildman–Crippen MR) is 46.3 cm³/mol. The van der Waals surface area contributed by atoms with E-state index in [1.807, 2.05) is 6.92 Å². The third kappa shape index (κ3) is 1.60. The van der Waals surface area contributed by atoms with E-state index in [0.29, 0.717) is 5.70 Å². The summed E-state index contributed by atoms with van der Waals surface area (Å²) in [4.78, 5) is 10.9. The fourth-order valence-electron chi connectivity index (χ4n) is 1.30. The molecule has 3 heteroatoms. The Hall–Kier alpha value is -0.990. The number of unbranched alkanes of at least 4 members (excludes halogenated alkanes) is 1. The van der Waals surface area contributed by atoms with E-state index in [1.165, 1.54) is 6.08 Å². The second kappa shape index (κ2) is 3.17. The van der Waals surface area contributed by atoms with Crippen molar-refractivity contribution in [2.24, 2.45) is 5.73 Å². The molecule has 0 saturated carbocycles. The van der Waals surface area contributed by atoms with Gasteiger partial charge in [0.1, 0.15) is 5.60 Å². The molecule has 1 rings (SSSR count). The highest BCUT2D eigenvalue weighted by atomic mass is 16.6. The van der Waals surface area contributed by atoms with Crippen LogP contribution < -0.4 is 5.73 Å². The zero-order valence-electron chi connectivity index (χ0n) is 7.59. The highest BCUT2D eigenvalue weighted by molar-refractivity contribution is 5.86. The quantitative estimate of drug-likeness (QED) is 0.648. The van der Waals surface area contributed by atoms with Crippen molar-refractivity contribution in [3.63, 3.8) is 0 Å². The molecule has 0 aromatic heterocycles. The number of rotatable bonds is 3. The Morgan fingerprint density at radius 2 is 2.33 bits per heavy atom. The monoisotopic (exact) mass is 169 g/mol. The molecule has 0 aromatic rings. The minimum absolute atomic E-state index is 0.314. The fraction of sp³-hybridized carbons (Fsp3) is 0.667. The lowest BCUT2D eigenvalue weighted by Gasteiger charge is -2.24. The molecule has 0 aliphatic carbocycles. The van der Waals surface area contributed by atoms with E-state index in [4.69, 9.17) is 10.5 Å². The minimum atomic E-state index is -0.535. The van der Waals surface area contributed by atoms with E-state index in [9.17, 15) is 4.79 Å². The van der Waals surface area contributed by atoms with Crippen LogP contribution in [0.2, 0.25) is 0 Å². The molecule has 0 fully saturated rings. The number of hydrogen-bond acceptors (Lipinski definition) is 3. The van der Waals surface area contributed by atoms with Gasteiger partial charge in [-0.3, -0.25) is 0 Å². The highest BCUT2D eigenvalue weighted by Gasteiger charge is 2.36. The average Bonchev–Trinajstić information content (AvgIpc) is 2.23. The summed E-state index contributed by atoms with van der Waals surface area (Å²) < 4.78 is 5.11. The molecule has 3 nitrogen and oxygen atoms in total. The SMILES string of the molecule is CCCC[C@@]1(C)OC(=O)C=C1N. The number of hydrogen-bond donors (Lipinski definition) is 1. The lowest BCUT2D eigenvalue weighted by atomic mass is 9.96. The summed E-state index contributed by atoms with van der Waals surface area (Å²) in [5, 5.41) is 0. The minimum Gasteiger partial charge on any atom is -0.450 e. The Kier molecular flexibility index (Phi) is 2.40. The van der Waals surface area contributed by atoms with Crippen LogP contribution >= 0.6 is 0 Å². The van der Waals surface area contributed by atoms with Crippen molar-refractivity contribution in [3.05, 3.63) is 11.8 Å². The van der Waals surface area contributed by atoms with Crippen LogP contribution in [0.1, 0.15) is 33.1 Å². The molecular weight excluding hydrogens is 154 g/mol. The third-order valence-corrected chi connectivity index (χ3v) is 2.22. The van der Waals surface area contributed by atoms with Gasteiger partial charge in [-0.1, -0.05) is 13.3 Å². The van der Waals surface area contributed by atoms with Gasteiger partial charge < -0.3 is 10.5 Å². The van der Waals surface area contributed by atoms with E-state index in [1.54, 1.807) is 0 Å². The first-order valence-corrected chi connectivity index (χ1v) is 4.29. The van der Waals surface area contributed by atoms with Gasteiger partial charge in [0.2, 0.25) is 0 Å². The lowest BCUT2D eigenvalue weighted by molar-refractivity contribution is -0.145. The molecule has 1 atom stereocenters. The second-order valence-corrected chi connectivity index (χ2v) is 3.36. The maximum Gasteiger partial charge on any atom is 0.333 e. The van der Waals surface area contributed by atoms with Crippen molar-refractivity contribution in [1.82, 2.24) is 0 Å². The summed E-state index contributed by atoms with van der Waals surface area (Å²) in [6.07, 6.45) is 4.30. The van der Waals surface area contributed by atoms with Gasteiger partial charge in [0.05, 0.1) is 5.70 Å². The Labute approximate surface area is 72.6 Å². The van der Waals surface area contributed by atoms with Crippen LogP contribution in [0.5, 0.6) is 0 Å². The van der Waals surface area contributed by atoms with E-state index in [2.05, 4.69) is 6.92 Å². The molecule has 0 radical (unpaired) electrons. The first-order valence-electron chi connectivity index (χ1n) is 4.29. The molecule has 12 heavy (non-hydrogen) atoms. The van der Waals surface area contributed by atoms with Crippen molar-refractivity contribution in [2.45, 2.75) is 38.7 Å². The normalized spacial score (nSPS) is 28.5. The van der Waals surface area contributed by atoms with Crippen LogP contribution in [-0.4, -0.2) is 11.6 Å². The molecule has 68 valence electrons. The van der Waals surface area contributed by atoms with Gasteiger partial charge in [-0.2, -0.15) is 0 Å². The average molecular weight is 169 g/mol. The van der Waals surface area contributed by atoms with Crippen LogP contribution in [0.3, 0.4) is 0 Å². The fourth-order valence-corrected chi connectivity index (χ4v) is 1.30. The highest BCUT2D eigenvalue weighted by Crippen LogP contribution is 2.29. The number of nitrogens with two attached hydrogens (primary N) is 1. The van der Waals surface area contributed by atoms with Gasteiger partial charge in [0.25, 0.3) is 0 Å². The summed E-state index contributed by atoms with van der Waals surface area (Å²) >= 11 is 0. The Morgan fingerprint density at radius 1 is 1.67 bits per heavy atom. The van der Waals surface area contributed by atoms with E-state index >= 15 is 0 Å². The largest absolute Gasteiger partial charge is 0.450 e. The summed E-state index contributed by atoms with van der Waals surface area (Å²) in [5.41, 5.74) is 5.68. The number of esters is 1. The smallest absolute Gasteiger partial charge is 0.333 e. The maximum absolute atomic E-state index is 10.9. The van der Waals surface area contributed by atoms with E-state index < -0.39 is 5.60 Å². The van der Waals surface area contributed by atoms with Crippen LogP contribution in [-0.2, 0) is 9.53 Å². The number of ether oxygens (including phenoxy) is 1. The van der Waals surface area contributed by atoms with Crippen LogP contribution in [0, 0.1) is 0 Å². The second-order valence-electron chi connectivity index (χ2n) is 3.36. The van der Waals surface area contributed by atoms with Crippen molar-refractivity contribution >= 4 is 5.97 Å². The molecule has 0 aromatic carbocycles. The predicted octanol–water partition coefficient (Wildman–Crippen LogP) is 1.33. The molecular formula is C9H15NO2. The Bertz CT molecular complexity index is 223. The van der Waals surface area contributed by atoms with Crippen LogP contribution in [0.25, 0.3) is 0 Å². The summed E-state index contributed by atoms with van der Waals surface area (Å²) in [6, 6.07) is 0. The molecule has 0 unspecified atom stereocenters. The Balaban J connectivity index is 2.61. The molecule has 0 amide bonds. The lowest BCUT2D eigenvalue weighted by Crippen LogP contribution is -2.31. The maximum atomic E-state index is 10.9. The molecule has 1 heterocycles. The first kappa shape index (κ1) is 9.10. The summed E-state index contributed by atoms with van der Waals surface area (Å²) in [7, 11) is 0. The zero-order valence-corrected chi connectivity index (χ0v) is 7.59. The van der Waals surface area contributed by atoms with Gasteiger partial charge in [0, 0.05) is 6.08 Å². The zero-order chi connectivity index (χ0) is 9.19. The number of carbonyl (C=O) groups is 1. The van der Waals surface area contributed by atoms with Crippen molar-refractivity contribution < 1.29 is 9.53 Å². The van der Waals surface area contributed by atoms with Crippen molar-refractivity contribution in [1.29, 1.82) is 0 Å². The molecule has 1 aliphatic rings. The number of carbonyl (C=O) groups excluding carboxylic acids is 1. The van der Waals surface area contributed by atoms with E-state index in [-0.39, 0.29) is 5.97 Å². The molecule has 0 bridgehead atoms. The topological polar surface area (TPSA) is 52.3 Å². The third-order valence-electron chi connectivity index (χ3n) is 2.22. The van der Waals surface area contributed by atoms with Gasteiger partial charge in [-0.25, -0.2) is 4.79 Å².